The molecule has 2 rings (SSSR count). The molecule has 5 nitrogen and oxygen atoms in total. The Morgan fingerprint density at radius 1 is 1.50 bits per heavy atom. The summed E-state index contributed by atoms with van der Waals surface area (Å²) >= 11 is 6.16. The highest BCUT2D eigenvalue weighted by molar-refractivity contribution is 6.33. The van der Waals surface area contributed by atoms with Crippen LogP contribution < -0.4 is 10.2 Å². The smallest absolute Gasteiger partial charge is 0.257 e. The van der Waals surface area contributed by atoms with Gasteiger partial charge in [0.15, 0.2) is 6.10 Å². The predicted octanol–water partition coefficient (Wildman–Crippen LogP) is 1.14. The molecule has 1 aromatic carbocycles. The van der Waals surface area contributed by atoms with Crippen LogP contribution in [0.3, 0.4) is 0 Å². The van der Waals surface area contributed by atoms with Crippen molar-refractivity contribution in [3.8, 4) is 0 Å². The summed E-state index contributed by atoms with van der Waals surface area (Å²) in [6, 6.07) is 3.32. The van der Waals surface area contributed by atoms with Crippen molar-refractivity contribution in [1.82, 2.24) is 0 Å². The minimum Gasteiger partial charge on any atom is -0.395 e. The summed E-state index contributed by atoms with van der Waals surface area (Å²) in [7, 11) is 0. The lowest BCUT2D eigenvalue weighted by molar-refractivity contribution is -0.123. The number of nitrogens with one attached hydrogen (secondary N) is 1. The normalized spacial score (nSPS) is 17.6. The molecule has 0 saturated carbocycles. The molecule has 0 saturated heterocycles. The second-order valence-corrected chi connectivity index (χ2v) is 4.49. The molecule has 1 aliphatic rings. The number of aliphatic hydroxyl groups is 2. The molecule has 3 N–H and O–H groups in total. The number of halogens is 1. The number of nitrogens with zero attached hydrogens (tertiary/aromatic N) is 1. The maximum absolute atomic E-state index is 11.4. The molecule has 1 aromatic rings. The van der Waals surface area contributed by atoms with E-state index in [4.69, 9.17) is 16.7 Å². The van der Waals surface area contributed by atoms with Gasteiger partial charge in [-0.2, -0.15) is 0 Å². The first kappa shape index (κ1) is 13.1. The van der Waals surface area contributed by atoms with Crippen LogP contribution in [0.5, 0.6) is 0 Å². The van der Waals surface area contributed by atoms with Crippen molar-refractivity contribution in [2.45, 2.75) is 13.0 Å². The van der Waals surface area contributed by atoms with Crippen LogP contribution in [0.25, 0.3) is 0 Å². The van der Waals surface area contributed by atoms with Crippen molar-refractivity contribution in [2.75, 3.05) is 29.9 Å². The van der Waals surface area contributed by atoms with E-state index in [9.17, 15) is 9.90 Å². The number of rotatable bonds is 4. The van der Waals surface area contributed by atoms with Crippen LogP contribution in [0.1, 0.15) is 18.6 Å². The molecule has 18 heavy (non-hydrogen) atoms. The van der Waals surface area contributed by atoms with Gasteiger partial charge in [-0.15, -0.1) is 0 Å². The average Bonchev–Trinajstić information content (AvgIpc) is 2.62. The molecule has 1 atom stereocenters. The molecule has 0 aliphatic carbocycles. The molecular weight excluding hydrogens is 256 g/mol. The van der Waals surface area contributed by atoms with Crippen molar-refractivity contribution in [3.05, 3.63) is 22.7 Å². The summed E-state index contributed by atoms with van der Waals surface area (Å²) in [5.41, 5.74) is 1.80. The number of anilines is 2. The van der Waals surface area contributed by atoms with E-state index in [1.807, 2.05) is 11.8 Å². The van der Waals surface area contributed by atoms with E-state index in [0.717, 1.165) is 5.69 Å². The van der Waals surface area contributed by atoms with Gasteiger partial charge in [0.2, 0.25) is 0 Å². The van der Waals surface area contributed by atoms with E-state index >= 15 is 0 Å². The van der Waals surface area contributed by atoms with Crippen molar-refractivity contribution in [3.63, 3.8) is 0 Å². The van der Waals surface area contributed by atoms with E-state index in [1.54, 1.807) is 12.1 Å². The molecule has 1 amide bonds. The molecule has 0 aromatic heterocycles. The monoisotopic (exact) mass is 270 g/mol. The Balaban J connectivity index is 2.40. The van der Waals surface area contributed by atoms with Gasteiger partial charge in [-0.05, 0) is 19.1 Å². The quantitative estimate of drug-likeness (QED) is 0.767. The van der Waals surface area contributed by atoms with Crippen LogP contribution in [0.15, 0.2) is 12.1 Å². The minimum atomic E-state index is -1.15. The fourth-order valence-electron chi connectivity index (χ4n) is 2.07. The Bertz CT molecular complexity index is 479. The maximum Gasteiger partial charge on any atom is 0.257 e. The van der Waals surface area contributed by atoms with Crippen LogP contribution in [-0.2, 0) is 4.79 Å². The number of likely N-dealkylation sites (N-methyl/N-ethyl adjacent to an activating group) is 1. The van der Waals surface area contributed by atoms with Gasteiger partial charge in [-0.3, -0.25) is 4.79 Å². The number of carbonyl (C=O) groups is 1. The van der Waals surface area contributed by atoms with Crippen molar-refractivity contribution in [2.24, 2.45) is 0 Å². The Kier molecular flexibility index (Phi) is 3.75. The summed E-state index contributed by atoms with van der Waals surface area (Å²) < 4.78 is 0. The van der Waals surface area contributed by atoms with Gasteiger partial charge >= 0.3 is 0 Å². The molecule has 0 fully saturated rings. The fourth-order valence-corrected chi connectivity index (χ4v) is 2.36. The molecule has 1 heterocycles. The molecule has 6 heteroatoms. The molecule has 0 bridgehead atoms. The van der Waals surface area contributed by atoms with E-state index in [1.165, 1.54) is 0 Å². The SMILES string of the molecule is CCN(CCO)c1cc2c(cc1Cl)C(O)C(=O)N2. The van der Waals surface area contributed by atoms with Gasteiger partial charge in [0.05, 0.1) is 17.3 Å². The summed E-state index contributed by atoms with van der Waals surface area (Å²) in [6.45, 7) is 3.13. The number of hydrogen-bond donors (Lipinski definition) is 3. The first-order valence-corrected chi connectivity index (χ1v) is 6.14. The van der Waals surface area contributed by atoms with Crippen molar-refractivity contribution >= 4 is 28.9 Å². The third-order valence-electron chi connectivity index (χ3n) is 3.01. The lowest BCUT2D eigenvalue weighted by atomic mass is 10.1. The summed E-state index contributed by atoms with van der Waals surface area (Å²) in [6.07, 6.45) is -1.15. The number of carbonyl (C=O) groups excluding carboxylic acids is 1. The summed E-state index contributed by atoms with van der Waals surface area (Å²) in [4.78, 5) is 13.3. The number of hydrogen-bond acceptors (Lipinski definition) is 4. The highest BCUT2D eigenvalue weighted by Crippen LogP contribution is 2.38. The Morgan fingerprint density at radius 2 is 2.22 bits per heavy atom. The van der Waals surface area contributed by atoms with Crippen LogP contribution >= 0.6 is 11.6 Å². The minimum absolute atomic E-state index is 0.0240. The molecule has 1 unspecified atom stereocenters. The zero-order valence-corrected chi connectivity index (χ0v) is 10.7. The molecule has 0 spiro atoms. The maximum atomic E-state index is 11.4. The highest BCUT2D eigenvalue weighted by Gasteiger charge is 2.30. The van der Waals surface area contributed by atoms with E-state index in [0.29, 0.717) is 29.4 Å². The van der Waals surface area contributed by atoms with Crippen LogP contribution in [-0.4, -0.2) is 35.8 Å². The lowest BCUT2D eigenvalue weighted by Gasteiger charge is -2.24. The lowest BCUT2D eigenvalue weighted by Crippen LogP contribution is -2.26. The Morgan fingerprint density at radius 3 is 2.83 bits per heavy atom. The fraction of sp³-hybridized carbons (Fsp3) is 0.417. The first-order valence-electron chi connectivity index (χ1n) is 5.76. The Hall–Kier alpha value is -1.30. The highest BCUT2D eigenvalue weighted by atomic mass is 35.5. The summed E-state index contributed by atoms with van der Waals surface area (Å²) in [5.74, 6) is -0.441. The van der Waals surface area contributed by atoms with E-state index in [2.05, 4.69) is 5.32 Å². The van der Waals surface area contributed by atoms with Crippen LogP contribution in [0, 0.1) is 0 Å². The molecule has 0 radical (unpaired) electrons. The molecule has 1 aliphatic heterocycles. The second kappa shape index (κ2) is 5.14. The molecule has 98 valence electrons. The van der Waals surface area contributed by atoms with Crippen molar-refractivity contribution < 1.29 is 15.0 Å². The van der Waals surface area contributed by atoms with Crippen molar-refractivity contribution in [1.29, 1.82) is 0 Å². The number of amides is 1. The standard InChI is InChI=1S/C12H15ClN2O3/c1-2-15(3-4-16)10-6-9-7(5-8(10)13)11(17)12(18)14-9/h5-6,11,16-17H,2-4H2,1H3,(H,14,18). The van der Waals surface area contributed by atoms with Gasteiger partial charge in [-0.25, -0.2) is 0 Å². The van der Waals surface area contributed by atoms with E-state index < -0.39 is 12.0 Å². The summed E-state index contributed by atoms with van der Waals surface area (Å²) in [5, 5.41) is 21.7. The predicted molar refractivity (Wildman–Crippen MR) is 70.0 cm³/mol. The van der Waals surface area contributed by atoms with Gasteiger partial charge in [0, 0.05) is 24.3 Å². The third kappa shape index (κ3) is 2.16. The van der Waals surface area contributed by atoms with Crippen LogP contribution in [0.4, 0.5) is 11.4 Å². The van der Waals surface area contributed by atoms with Gasteiger partial charge in [-0.1, -0.05) is 11.6 Å². The topological polar surface area (TPSA) is 72.8 Å². The third-order valence-corrected chi connectivity index (χ3v) is 3.31. The van der Waals surface area contributed by atoms with E-state index in [-0.39, 0.29) is 6.61 Å². The first-order chi connectivity index (χ1) is 8.58. The zero-order valence-electron chi connectivity index (χ0n) is 9.98. The molecular formula is C12H15ClN2O3. The number of fused-ring (bicyclic) bond motifs is 1. The zero-order chi connectivity index (χ0) is 13.3. The average molecular weight is 271 g/mol. The van der Waals surface area contributed by atoms with Gasteiger partial charge in [0.1, 0.15) is 0 Å². The number of aliphatic hydroxyl groups excluding tert-OH is 2. The van der Waals surface area contributed by atoms with Gasteiger partial charge in [0.25, 0.3) is 5.91 Å². The Labute approximate surface area is 110 Å². The second-order valence-electron chi connectivity index (χ2n) is 4.09. The van der Waals surface area contributed by atoms with Gasteiger partial charge < -0.3 is 20.4 Å². The largest absolute Gasteiger partial charge is 0.395 e. The van der Waals surface area contributed by atoms with Crippen LogP contribution in [0.2, 0.25) is 5.02 Å². The number of benzene rings is 1.